The molecule has 0 aromatic heterocycles. The van der Waals surface area contributed by atoms with E-state index in [0.717, 1.165) is 18.4 Å². The summed E-state index contributed by atoms with van der Waals surface area (Å²) in [5.41, 5.74) is 3.43. The summed E-state index contributed by atoms with van der Waals surface area (Å²) >= 11 is 6.17. The molecule has 4 aromatic carbocycles. The van der Waals surface area contributed by atoms with Crippen molar-refractivity contribution in [3.05, 3.63) is 94.3 Å². The van der Waals surface area contributed by atoms with Crippen LogP contribution in [-0.2, 0) is 11.8 Å². The third kappa shape index (κ3) is 2.72. The standard InChI is InChI=1S/C26H22ClF/c1-26(2)15-18(23-14-19(27)9-12-24(23)28)13-17-8-10-21-20-6-4-3-5-16(20)7-11-22(21)25(17)26/h3-12,14,18H,13,15H2,1-2H3. The fourth-order valence-corrected chi connectivity index (χ4v) is 5.39. The van der Waals surface area contributed by atoms with Crippen LogP contribution in [0.3, 0.4) is 0 Å². The maximum absolute atomic E-state index is 14.6. The van der Waals surface area contributed by atoms with Crippen LogP contribution in [0, 0.1) is 5.82 Å². The minimum absolute atomic E-state index is 0.0467. The Morgan fingerprint density at radius 1 is 0.893 bits per heavy atom. The molecule has 0 nitrogen and oxygen atoms in total. The minimum Gasteiger partial charge on any atom is -0.207 e. The molecule has 0 radical (unpaired) electrons. The van der Waals surface area contributed by atoms with Gasteiger partial charge in [0.15, 0.2) is 0 Å². The Morgan fingerprint density at radius 2 is 1.68 bits per heavy atom. The third-order valence-corrected chi connectivity index (χ3v) is 6.55. The first kappa shape index (κ1) is 17.7. The summed E-state index contributed by atoms with van der Waals surface area (Å²) in [7, 11) is 0. The van der Waals surface area contributed by atoms with Crippen molar-refractivity contribution in [3.8, 4) is 0 Å². The van der Waals surface area contributed by atoms with Gasteiger partial charge in [-0.1, -0.05) is 74.0 Å². The molecule has 0 N–H and O–H groups in total. The number of halogens is 2. The predicted molar refractivity (Wildman–Crippen MR) is 117 cm³/mol. The lowest BCUT2D eigenvalue weighted by Gasteiger charge is -2.39. The number of fused-ring (bicyclic) bond motifs is 5. The van der Waals surface area contributed by atoms with Crippen molar-refractivity contribution < 1.29 is 4.39 Å². The molecule has 4 aromatic rings. The molecule has 1 atom stereocenters. The number of rotatable bonds is 1. The van der Waals surface area contributed by atoms with E-state index in [0.29, 0.717) is 5.02 Å². The molecule has 0 saturated carbocycles. The lowest BCUT2D eigenvalue weighted by atomic mass is 9.65. The van der Waals surface area contributed by atoms with Gasteiger partial charge < -0.3 is 0 Å². The lowest BCUT2D eigenvalue weighted by Crippen LogP contribution is -2.29. The smallest absolute Gasteiger partial charge is 0.126 e. The highest BCUT2D eigenvalue weighted by atomic mass is 35.5. The fourth-order valence-electron chi connectivity index (χ4n) is 5.21. The normalized spacial score (nSPS) is 18.4. The first-order valence-corrected chi connectivity index (χ1v) is 10.2. The molecule has 0 bridgehead atoms. The second kappa shape index (κ2) is 6.32. The summed E-state index contributed by atoms with van der Waals surface area (Å²) in [6.07, 6.45) is 1.75. The zero-order valence-corrected chi connectivity index (χ0v) is 16.9. The van der Waals surface area contributed by atoms with Gasteiger partial charge in [-0.25, -0.2) is 4.39 Å². The first-order chi connectivity index (χ1) is 13.4. The van der Waals surface area contributed by atoms with E-state index in [1.807, 2.05) is 0 Å². The Labute approximate surface area is 170 Å². The Bertz CT molecular complexity index is 1220. The molecule has 5 rings (SSSR count). The van der Waals surface area contributed by atoms with Crippen molar-refractivity contribution in [1.82, 2.24) is 0 Å². The molecule has 0 amide bonds. The molecule has 140 valence electrons. The van der Waals surface area contributed by atoms with Crippen LogP contribution in [0.25, 0.3) is 21.5 Å². The maximum atomic E-state index is 14.6. The number of benzene rings is 4. The van der Waals surface area contributed by atoms with Crippen LogP contribution in [0.4, 0.5) is 4.39 Å². The van der Waals surface area contributed by atoms with Crippen LogP contribution in [0.5, 0.6) is 0 Å². The van der Waals surface area contributed by atoms with E-state index < -0.39 is 0 Å². The zero-order chi connectivity index (χ0) is 19.5. The highest BCUT2D eigenvalue weighted by Gasteiger charge is 2.36. The van der Waals surface area contributed by atoms with E-state index >= 15 is 0 Å². The first-order valence-electron chi connectivity index (χ1n) is 9.83. The maximum Gasteiger partial charge on any atom is 0.126 e. The average molecular weight is 389 g/mol. The second-order valence-electron chi connectivity index (χ2n) is 8.64. The topological polar surface area (TPSA) is 0 Å². The molecule has 0 fully saturated rings. The largest absolute Gasteiger partial charge is 0.207 e. The van der Waals surface area contributed by atoms with E-state index in [9.17, 15) is 4.39 Å². The van der Waals surface area contributed by atoms with Gasteiger partial charge in [0, 0.05) is 5.02 Å². The minimum atomic E-state index is -0.152. The molecule has 0 aliphatic heterocycles. The molecule has 1 unspecified atom stereocenters. The van der Waals surface area contributed by atoms with Gasteiger partial charge in [0.05, 0.1) is 0 Å². The third-order valence-electron chi connectivity index (χ3n) is 6.31. The van der Waals surface area contributed by atoms with Gasteiger partial charge in [-0.2, -0.15) is 0 Å². The van der Waals surface area contributed by atoms with Gasteiger partial charge in [0.25, 0.3) is 0 Å². The molecule has 0 spiro atoms. The second-order valence-corrected chi connectivity index (χ2v) is 9.07. The summed E-state index contributed by atoms with van der Waals surface area (Å²) in [5, 5.41) is 5.79. The van der Waals surface area contributed by atoms with Crippen molar-refractivity contribution in [2.45, 2.75) is 38.0 Å². The molecule has 0 saturated heterocycles. The van der Waals surface area contributed by atoms with E-state index in [4.69, 9.17) is 11.6 Å². The Hall–Kier alpha value is -2.38. The molecule has 0 heterocycles. The number of hydrogen-bond acceptors (Lipinski definition) is 0. The number of hydrogen-bond donors (Lipinski definition) is 0. The highest BCUT2D eigenvalue weighted by molar-refractivity contribution is 6.30. The quantitative estimate of drug-likeness (QED) is 0.292. The van der Waals surface area contributed by atoms with Crippen LogP contribution < -0.4 is 0 Å². The summed E-state index contributed by atoms with van der Waals surface area (Å²) in [4.78, 5) is 0. The van der Waals surface area contributed by atoms with E-state index in [1.54, 1.807) is 12.1 Å². The van der Waals surface area contributed by atoms with Crippen LogP contribution in [0.1, 0.15) is 42.9 Å². The van der Waals surface area contributed by atoms with Crippen molar-refractivity contribution >= 4 is 33.1 Å². The van der Waals surface area contributed by atoms with Crippen molar-refractivity contribution in [1.29, 1.82) is 0 Å². The van der Waals surface area contributed by atoms with Crippen molar-refractivity contribution in [3.63, 3.8) is 0 Å². The van der Waals surface area contributed by atoms with E-state index in [2.05, 4.69) is 62.4 Å². The summed E-state index contributed by atoms with van der Waals surface area (Å²) in [6.45, 7) is 4.57. The van der Waals surface area contributed by atoms with Gasteiger partial charge in [-0.3, -0.25) is 0 Å². The van der Waals surface area contributed by atoms with Crippen molar-refractivity contribution in [2.75, 3.05) is 0 Å². The van der Waals surface area contributed by atoms with Gasteiger partial charge in [0.1, 0.15) is 5.82 Å². The Morgan fingerprint density at radius 3 is 2.54 bits per heavy atom. The zero-order valence-electron chi connectivity index (χ0n) is 16.1. The van der Waals surface area contributed by atoms with Gasteiger partial charge in [0.2, 0.25) is 0 Å². The van der Waals surface area contributed by atoms with Gasteiger partial charge >= 0.3 is 0 Å². The van der Waals surface area contributed by atoms with Gasteiger partial charge in [-0.15, -0.1) is 0 Å². The lowest BCUT2D eigenvalue weighted by molar-refractivity contribution is 0.387. The Balaban J connectivity index is 1.71. The Kier molecular flexibility index (Phi) is 4.00. The summed E-state index contributed by atoms with van der Waals surface area (Å²) in [6, 6.07) is 22.4. The molecule has 28 heavy (non-hydrogen) atoms. The molecule has 1 aliphatic rings. The van der Waals surface area contributed by atoms with Crippen LogP contribution >= 0.6 is 11.6 Å². The summed E-state index contributed by atoms with van der Waals surface area (Å²) < 4.78 is 14.6. The monoisotopic (exact) mass is 388 g/mol. The molecule has 1 aliphatic carbocycles. The highest BCUT2D eigenvalue weighted by Crippen LogP contribution is 2.47. The summed E-state index contributed by atoms with van der Waals surface area (Å²) in [5.74, 6) is -0.0143. The molecule has 2 heteroatoms. The van der Waals surface area contributed by atoms with Crippen LogP contribution in [0.2, 0.25) is 5.02 Å². The van der Waals surface area contributed by atoms with E-state index in [-0.39, 0.29) is 17.2 Å². The van der Waals surface area contributed by atoms with Gasteiger partial charge in [-0.05, 0) is 80.6 Å². The predicted octanol–water partition coefficient (Wildman–Crippen LogP) is 7.79. The molecular formula is C26H22ClF. The fraction of sp³-hybridized carbons (Fsp3) is 0.231. The van der Waals surface area contributed by atoms with Crippen LogP contribution in [0.15, 0.2) is 66.7 Å². The van der Waals surface area contributed by atoms with E-state index in [1.165, 1.54) is 38.7 Å². The van der Waals surface area contributed by atoms with Crippen LogP contribution in [-0.4, -0.2) is 0 Å². The van der Waals surface area contributed by atoms with Crippen molar-refractivity contribution in [2.24, 2.45) is 0 Å². The SMILES string of the molecule is CC1(C)CC(c2cc(Cl)ccc2F)Cc2ccc3c(ccc4ccccc43)c21. The average Bonchev–Trinajstić information content (AvgIpc) is 2.68. The molecular weight excluding hydrogens is 367 g/mol.